The highest BCUT2D eigenvalue weighted by molar-refractivity contribution is 5.93. The standard InChI is InChI=1S/C11H15NO3/c1-3-14-10(8-5-6-8)9(7-12)11(13)15-4-2/h8H,3-6H2,1-2H3/b10-9-. The van der Waals surface area contributed by atoms with Gasteiger partial charge < -0.3 is 9.47 Å². The van der Waals surface area contributed by atoms with Crippen LogP contribution >= 0.6 is 0 Å². The van der Waals surface area contributed by atoms with Crippen molar-refractivity contribution in [2.75, 3.05) is 13.2 Å². The first-order valence-electron chi connectivity index (χ1n) is 5.18. The summed E-state index contributed by atoms with van der Waals surface area (Å²) in [4.78, 5) is 11.4. The zero-order chi connectivity index (χ0) is 11.3. The molecule has 1 fully saturated rings. The number of nitrogens with zero attached hydrogens (tertiary/aromatic N) is 1. The van der Waals surface area contributed by atoms with Crippen molar-refractivity contribution in [2.45, 2.75) is 26.7 Å². The van der Waals surface area contributed by atoms with Crippen molar-refractivity contribution in [3.63, 3.8) is 0 Å². The lowest BCUT2D eigenvalue weighted by atomic mass is 10.2. The Hall–Kier alpha value is -1.50. The number of esters is 1. The van der Waals surface area contributed by atoms with Crippen molar-refractivity contribution in [3.8, 4) is 6.07 Å². The van der Waals surface area contributed by atoms with E-state index in [2.05, 4.69) is 0 Å². The van der Waals surface area contributed by atoms with Crippen LogP contribution in [0, 0.1) is 17.2 Å². The number of carbonyl (C=O) groups is 1. The average Bonchev–Trinajstić information content (AvgIpc) is 3.01. The van der Waals surface area contributed by atoms with E-state index in [1.54, 1.807) is 6.92 Å². The highest BCUT2D eigenvalue weighted by atomic mass is 16.5. The Bertz CT molecular complexity index is 310. The molecule has 4 heteroatoms. The molecule has 0 radical (unpaired) electrons. The van der Waals surface area contributed by atoms with Gasteiger partial charge in [0.2, 0.25) is 0 Å². The van der Waals surface area contributed by atoms with Gasteiger partial charge in [0.15, 0.2) is 5.57 Å². The van der Waals surface area contributed by atoms with Crippen LogP contribution in [-0.2, 0) is 14.3 Å². The lowest BCUT2D eigenvalue weighted by Gasteiger charge is -2.09. The highest BCUT2D eigenvalue weighted by Gasteiger charge is 2.33. The molecule has 0 aromatic heterocycles. The third-order valence-corrected chi connectivity index (χ3v) is 2.09. The molecule has 1 saturated carbocycles. The summed E-state index contributed by atoms with van der Waals surface area (Å²) in [6.07, 6.45) is 1.97. The molecule has 0 amide bonds. The van der Waals surface area contributed by atoms with Crippen molar-refractivity contribution in [2.24, 2.45) is 5.92 Å². The first kappa shape index (κ1) is 11.6. The number of rotatable bonds is 5. The molecule has 0 saturated heterocycles. The zero-order valence-electron chi connectivity index (χ0n) is 9.08. The molecule has 1 rings (SSSR count). The predicted octanol–water partition coefficient (Wildman–Crippen LogP) is 1.77. The summed E-state index contributed by atoms with van der Waals surface area (Å²) >= 11 is 0. The lowest BCUT2D eigenvalue weighted by Crippen LogP contribution is -2.11. The topological polar surface area (TPSA) is 59.3 Å². The minimum absolute atomic E-state index is 0.0289. The molecule has 15 heavy (non-hydrogen) atoms. The second kappa shape index (κ2) is 5.40. The molecule has 0 aromatic rings. The molecule has 0 atom stereocenters. The molecule has 0 aromatic carbocycles. The van der Waals surface area contributed by atoms with Crippen molar-refractivity contribution in [1.82, 2.24) is 0 Å². The van der Waals surface area contributed by atoms with E-state index < -0.39 is 5.97 Å². The molecule has 0 unspecified atom stereocenters. The van der Waals surface area contributed by atoms with Crippen LogP contribution in [0.25, 0.3) is 0 Å². The molecule has 0 aliphatic heterocycles. The number of hydrogen-bond acceptors (Lipinski definition) is 4. The molecule has 82 valence electrons. The van der Waals surface area contributed by atoms with Crippen molar-refractivity contribution < 1.29 is 14.3 Å². The molecular formula is C11H15NO3. The molecule has 0 spiro atoms. The summed E-state index contributed by atoms with van der Waals surface area (Å²) in [7, 11) is 0. The third kappa shape index (κ3) is 2.98. The zero-order valence-corrected chi connectivity index (χ0v) is 9.08. The number of hydrogen-bond donors (Lipinski definition) is 0. The summed E-state index contributed by atoms with van der Waals surface area (Å²) in [5.41, 5.74) is 0.0289. The van der Waals surface area contributed by atoms with Crippen LogP contribution in [0.15, 0.2) is 11.3 Å². The molecular weight excluding hydrogens is 194 g/mol. The van der Waals surface area contributed by atoms with Crippen LogP contribution in [0.1, 0.15) is 26.7 Å². The van der Waals surface area contributed by atoms with Gasteiger partial charge in [0.05, 0.1) is 13.2 Å². The van der Waals surface area contributed by atoms with Crippen LogP contribution < -0.4 is 0 Å². The van der Waals surface area contributed by atoms with Gasteiger partial charge in [0.1, 0.15) is 11.8 Å². The van der Waals surface area contributed by atoms with E-state index in [4.69, 9.17) is 14.7 Å². The fourth-order valence-corrected chi connectivity index (χ4v) is 1.30. The Balaban J connectivity index is 2.86. The Morgan fingerprint density at radius 2 is 1.93 bits per heavy atom. The second-order valence-electron chi connectivity index (χ2n) is 3.28. The SMILES string of the molecule is CCOC(=O)/C(C#N)=C(\OCC)C1CC1. The van der Waals surface area contributed by atoms with Gasteiger partial charge in [-0.15, -0.1) is 0 Å². The van der Waals surface area contributed by atoms with Crippen molar-refractivity contribution in [3.05, 3.63) is 11.3 Å². The largest absolute Gasteiger partial charge is 0.496 e. The molecule has 1 aliphatic rings. The lowest BCUT2D eigenvalue weighted by molar-refractivity contribution is -0.138. The third-order valence-electron chi connectivity index (χ3n) is 2.09. The van der Waals surface area contributed by atoms with Gasteiger partial charge in [-0.05, 0) is 26.7 Å². The van der Waals surface area contributed by atoms with Gasteiger partial charge >= 0.3 is 5.97 Å². The predicted molar refractivity (Wildman–Crippen MR) is 53.6 cm³/mol. The van der Waals surface area contributed by atoms with E-state index in [9.17, 15) is 4.79 Å². The maximum atomic E-state index is 11.4. The van der Waals surface area contributed by atoms with Gasteiger partial charge in [0.25, 0.3) is 0 Å². The van der Waals surface area contributed by atoms with Gasteiger partial charge in [-0.2, -0.15) is 5.26 Å². The number of carbonyl (C=O) groups excluding carboxylic acids is 1. The average molecular weight is 209 g/mol. The van der Waals surface area contributed by atoms with Crippen LogP contribution in [0.2, 0.25) is 0 Å². The number of nitriles is 1. The van der Waals surface area contributed by atoms with E-state index in [1.807, 2.05) is 13.0 Å². The minimum atomic E-state index is -0.574. The van der Waals surface area contributed by atoms with Crippen LogP contribution in [-0.4, -0.2) is 19.2 Å². The summed E-state index contributed by atoms with van der Waals surface area (Å²) in [6.45, 7) is 4.29. The summed E-state index contributed by atoms with van der Waals surface area (Å²) in [5.74, 6) is 0.179. The van der Waals surface area contributed by atoms with Crippen LogP contribution in [0.4, 0.5) is 0 Å². The van der Waals surface area contributed by atoms with E-state index >= 15 is 0 Å². The van der Waals surface area contributed by atoms with Gasteiger partial charge in [-0.1, -0.05) is 0 Å². The van der Waals surface area contributed by atoms with E-state index in [0.29, 0.717) is 12.4 Å². The molecule has 4 nitrogen and oxygen atoms in total. The Morgan fingerprint density at radius 3 is 2.33 bits per heavy atom. The summed E-state index contributed by atoms with van der Waals surface area (Å²) < 4.78 is 10.1. The smallest absolute Gasteiger partial charge is 0.352 e. The first-order chi connectivity index (χ1) is 7.24. The fourth-order valence-electron chi connectivity index (χ4n) is 1.30. The second-order valence-corrected chi connectivity index (χ2v) is 3.28. The van der Waals surface area contributed by atoms with E-state index in [-0.39, 0.29) is 18.1 Å². The Morgan fingerprint density at radius 1 is 1.33 bits per heavy atom. The number of ether oxygens (including phenoxy) is 2. The fraction of sp³-hybridized carbons (Fsp3) is 0.636. The molecule has 1 aliphatic carbocycles. The van der Waals surface area contributed by atoms with Gasteiger partial charge in [-0.25, -0.2) is 4.79 Å². The maximum absolute atomic E-state index is 11.4. The first-order valence-corrected chi connectivity index (χ1v) is 5.18. The van der Waals surface area contributed by atoms with Gasteiger partial charge in [-0.3, -0.25) is 0 Å². The van der Waals surface area contributed by atoms with Gasteiger partial charge in [0, 0.05) is 5.92 Å². The van der Waals surface area contributed by atoms with Crippen molar-refractivity contribution in [1.29, 1.82) is 5.26 Å². The van der Waals surface area contributed by atoms with Crippen LogP contribution in [0.5, 0.6) is 0 Å². The summed E-state index contributed by atoms with van der Waals surface area (Å²) in [5, 5.41) is 8.91. The van der Waals surface area contributed by atoms with Crippen molar-refractivity contribution >= 4 is 5.97 Å². The van der Waals surface area contributed by atoms with E-state index in [1.165, 1.54) is 0 Å². The Kier molecular flexibility index (Phi) is 4.17. The number of allylic oxidation sites excluding steroid dienone is 1. The Labute approximate surface area is 89.5 Å². The highest BCUT2D eigenvalue weighted by Crippen LogP contribution is 2.38. The summed E-state index contributed by atoms with van der Waals surface area (Å²) in [6, 6.07) is 1.87. The minimum Gasteiger partial charge on any atom is -0.496 e. The van der Waals surface area contributed by atoms with E-state index in [0.717, 1.165) is 12.8 Å². The molecule has 0 heterocycles. The molecule has 0 N–H and O–H groups in total. The van der Waals surface area contributed by atoms with Crippen LogP contribution in [0.3, 0.4) is 0 Å². The normalized spacial score (nSPS) is 16.3. The maximum Gasteiger partial charge on any atom is 0.352 e. The molecule has 0 bridgehead atoms. The quantitative estimate of drug-likeness (QED) is 0.299. The monoisotopic (exact) mass is 209 g/mol.